The van der Waals surface area contributed by atoms with Crippen LogP contribution < -0.4 is 0 Å². The van der Waals surface area contributed by atoms with E-state index >= 15 is 0 Å². The van der Waals surface area contributed by atoms with E-state index in [1.807, 2.05) is 60.7 Å². The van der Waals surface area contributed by atoms with E-state index < -0.39 is 0 Å². The van der Waals surface area contributed by atoms with E-state index in [1.54, 1.807) is 0 Å². The van der Waals surface area contributed by atoms with Crippen LogP contribution in [0.3, 0.4) is 0 Å². The van der Waals surface area contributed by atoms with Gasteiger partial charge >= 0.3 is 0 Å². The number of rotatable bonds is 11. The molecule has 0 amide bonds. The Morgan fingerprint density at radius 2 is 1.44 bits per heavy atom. The summed E-state index contributed by atoms with van der Waals surface area (Å²) in [6, 6.07) is 40.8. The summed E-state index contributed by atoms with van der Waals surface area (Å²) in [5.41, 5.74) is 13.2. The molecule has 0 atom stereocenters. The molecule has 0 aliphatic heterocycles. The second-order valence-electron chi connectivity index (χ2n) is 16.5. The van der Waals surface area contributed by atoms with Gasteiger partial charge in [0.15, 0.2) is 29.1 Å². The van der Waals surface area contributed by atoms with Gasteiger partial charge in [0.1, 0.15) is 0 Å². The summed E-state index contributed by atoms with van der Waals surface area (Å²) in [6.07, 6.45) is 22.8. The van der Waals surface area contributed by atoms with E-state index in [1.165, 1.54) is 31.3 Å². The van der Waals surface area contributed by atoms with Crippen molar-refractivity contribution in [2.45, 2.75) is 59.9 Å². The van der Waals surface area contributed by atoms with Crippen molar-refractivity contribution in [2.24, 2.45) is 15.0 Å². The molecule has 0 unspecified atom stereocenters. The fraction of sp³-hybridized carbons (Fsp3) is 0.153. The van der Waals surface area contributed by atoms with Gasteiger partial charge in [0, 0.05) is 42.4 Å². The molecule has 6 nitrogen and oxygen atoms in total. The van der Waals surface area contributed by atoms with E-state index in [0.29, 0.717) is 35.7 Å². The molecule has 0 bridgehead atoms. The SMILES string of the molecule is C=N/C(=N\C(=N/Cc1ccccc1)C1=C(C)CCC=C1)C1=CCC=C(c2ccc3sc4ccc(-c5ccc(-c6nc(/C(=C/C=C\C)CC)nc(-c7ccccc7C)n6)cc5)cc4c3c2)C=C1. The number of nitrogens with zero attached hydrogens (tertiary/aromatic N) is 6. The van der Waals surface area contributed by atoms with Crippen molar-refractivity contribution >= 4 is 61.0 Å². The fourth-order valence-electron chi connectivity index (χ4n) is 8.38. The molecule has 7 aromatic rings. The first kappa shape index (κ1) is 43.8. The number of allylic oxidation sites excluding steroid dienone is 10. The van der Waals surface area contributed by atoms with Crippen LogP contribution in [0.5, 0.6) is 0 Å². The minimum atomic E-state index is 0.539. The summed E-state index contributed by atoms with van der Waals surface area (Å²) >= 11 is 1.83. The predicted molar refractivity (Wildman–Crippen MR) is 282 cm³/mol. The average Bonchev–Trinajstić information content (AvgIpc) is 3.54. The van der Waals surface area contributed by atoms with Crippen molar-refractivity contribution in [2.75, 3.05) is 0 Å². The zero-order valence-corrected chi connectivity index (χ0v) is 38.8. The predicted octanol–water partition coefficient (Wildman–Crippen LogP) is 15.6. The smallest absolute Gasteiger partial charge is 0.164 e. The van der Waals surface area contributed by atoms with Crippen molar-refractivity contribution in [1.82, 2.24) is 15.0 Å². The number of aliphatic imine (C=N–C) groups is 3. The highest BCUT2D eigenvalue weighted by Crippen LogP contribution is 2.39. The molecule has 0 N–H and O–H groups in total. The van der Waals surface area contributed by atoms with Gasteiger partial charge in [-0.25, -0.2) is 24.9 Å². The number of hydrogen-bond donors (Lipinski definition) is 0. The first-order chi connectivity index (χ1) is 32.4. The number of benzene rings is 5. The summed E-state index contributed by atoms with van der Waals surface area (Å²) < 4.78 is 2.52. The standard InChI is InChI=1S/C59H52N6S/c1-6-8-21-42(7-2)56-63-57(65-59(64-56)50-25-15-13-18-40(50)4)46-30-27-44(28-31-46)48-33-35-54-52(37-48)51-36-47(32-34-53(51)66-54)43-22-16-23-45(29-26-43)55(60-5)62-58(49-24-14-12-17-39(49)3)61-38-41-19-10-9-11-20-41/h6,8-11,13-15,18-37H,5,7,12,16-17,38H2,1-4H3/b8-6-,42-21+,61-58-,62-55-. The van der Waals surface area contributed by atoms with Gasteiger partial charge in [-0.15, -0.1) is 11.3 Å². The first-order valence-electron chi connectivity index (χ1n) is 22.7. The zero-order valence-electron chi connectivity index (χ0n) is 38.0. The number of fused-ring (bicyclic) bond motifs is 3. The number of thiophene rings is 1. The Kier molecular flexibility index (Phi) is 13.4. The second kappa shape index (κ2) is 20.1. The van der Waals surface area contributed by atoms with Crippen LogP contribution in [0.15, 0.2) is 202 Å². The van der Waals surface area contributed by atoms with Gasteiger partial charge in [-0.1, -0.05) is 158 Å². The summed E-state index contributed by atoms with van der Waals surface area (Å²) in [6.45, 7) is 12.9. The third kappa shape index (κ3) is 9.63. The third-order valence-corrected chi connectivity index (χ3v) is 13.3. The van der Waals surface area contributed by atoms with Crippen LogP contribution in [-0.2, 0) is 6.54 Å². The Bertz CT molecular complexity index is 3260. The number of aryl methyl sites for hydroxylation is 1. The zero-order chi connectivity index (χ0) is 45.4. The van der Waals surface area contributed by atoms with Gasteiger partial charge in [0.2, 0.25) is 0 Å². The molecule has 9 rings (SSSR count). The number of aromatic nitrogens is 3. The molecule has 0 spiro atoms. The van der Waals surface area contributed by atoms with Crippen LogP contribution in [0.2, 0.25) is 0 Å². The average molecular weight is 877 g/mol. The summed E-state index contributed by atoms with van der Waals surface area (Å²) in [7, 11) is 0. The first-order valence-corrected chi connectivity index (χ1v) is 23.5. The lowest BCUT2D eigenvalue weighted by Crippen LogP contribution is -2.09. The van der Waals surface area contributed by atoms with Crippen molar-refractivity contribution < 1.29 is 0 Å². The molecule has 2 aliphatic rings. The van der Waals surface area contributed by atoms with Crippen molar-refractivity contribution in [3.8, 4) is 33.9 Å². The Hall–Kier alpha value is -7.48. The molecular formula is C59H52N6S. The Morgan fingerprint density at radius 3 is 2.18 bits per heavy atom. The van der Waals surface area contributed by atoms with Crippen molar-refractivity contribution in [1.29, 1.82) is 0 Å². The lowest BCUT2D eigenvalue weighted by molar-refractivity contribution is 0.948. The molecule has 0 saturated heterocycles. The highest BCUT2D eigenvalue weighted by atomic mass is 32.1. The Balaban J connectivity index is 0.993. The number of amidine groups is 2. The molecule has 2 heterocycles. The van der Waals surface area contributed by atoms with Crippen LogP contribution in [0, 0.1) is 6.92 Å². The van der Waals surface area contributed by atoms with Gasteiger partial charge < -0.3 is 0 Å². The minimum Gasteiger partial charge on any atom is -0.261 e. The van der Waals surface area contributed by atoms with E-state index in [4.69, 9.17) is 24.9 Å². The molecular weight excluding hydrogens is 825 g/mol. The summed E-state index contributed by atoms with van der Waals surface area (Å²) in [5, 5.41) is 2.49. The molecule has 324 valence electrons. The van der Waals surface area contributed by atoms with E-state index in [2.05, 4.69) is 160 Å². The van der Waals surface area contributed by atoms with Gasteiger partial charge in [0.05, 0.1) is 6.54 Å². The molecule has 0 radical (unpaired) electrons. The molecule has 5 aromatic carbocycles. The van der Waals surface area contributed by atoms with Crippen LogP contribution in [-0.4, -0.2) is 33.3 Å². The molecule has 0 saturated carbocycles. The number of hydrogen-bond acceptors (Lipinski definition) is 5. The maximum absolute atomic E-state index is 5.08. The fourth-order valence-corrected chi connectivity index (χ4v) is 9.44. The van der Waals surface area contributed by atoms with Crippen LogP contribution >= 0.6 is 11.3 Å². The van der Waals surface area contributed by atoms with Gasteiger partial charge in [-0.2, -0.15) is 0 Å². The van der Waals surface area contributed by atoms with E-state index in [9.17, 15) is 0 Å². The quantitative estimate of drug-likeness (QED) is 0.0738. The molecule has 66 heavy (non-hydrogen) atoms. The summed E-state index contributed by atoms with van der Waals surface area (Å²) in [5.74, 6) is 3.30. The van der Waals surface area contributed by atoms with E-state index in [-0.39, 0.29) is 0 Å². The molecule has 0 fully saturated rings. The van der Waals surface area contributed by atoms with E-state index in [0.717, 1.165) is 81.4 Å². The Labute approximate surface area is 392 Å². The van der Waals surface area contributed by atoms with Crippen molar-refractivity contribution in [3.05, 3.63) is 209 Å². The summed E-state index contributed by atoms with van der Waals surface area (Å²) in [4.78, 5) is 29.5. The second-order valence-corrected chi connectivity index (χ2v) is 17.6. The lowest BCUT2D eigenvalue weighted by atomic mass is 9.98. The Morgan fingerprint density at radius 1 is 0.727 bits per heavy atom. The maximum Gasteiger partial charge on any atom is 0.164 e. The minimum absolute atomic E-state index is 0.539. The monoisotopic (exact) mass is 876 g/mol. The van der Waals surface area contributed by atoms with Gasteiger partial charge in [-0.05, 0) is 116 Å². The topological polar surface area (TPSA) is 75.8 Å². The highest BCUT2D eigenvalue weighted by Gasteiger charge is 2.17. The largest absolute Gasteiger partial charge is 0.261 e. The maximum atomic E-state index is 5.08. The molecule has 2 aromatic heterocycles. The third-order valence-electron chi connectivity index (χ3n) is 12.1. The van der Waals surface area contributed by atoms with Gasteiger partial charge in [0.25, 0.3) is 0 Å². The van der Waals surface area contributed by atoms with Crippen LogP contribution in [0.1, 0.15) is 69.0 Å². The van der Waals surface area contributed by atoms with Gasteiger partial charge in [-0.3, -0.25) is 4.99 Å². The molecule has 2 aliphatic carbocycles. The van der Waals surface area contributed by atoms with Crippen LogP contribution in [0.4, 0.5) is 0 Å². The normalized spacial score (nSPS) is 14.9. The van der Waals surface area contributed by atoms with Crippen LogP contribution in [0.25, 0.3) is 65.2 Å². The van der Waals surface area contributed by atoms with Crippen molar-refractivity contribution in [3.63, 3.8) is 0 Å². The molecule has 7 heteroatoms. The highest BCUT2D eigenvalue weighted by molar-refractivity contribution is 7.25. The lowest BCUT2D eigenvalue weighted by Gasteiger charge is -2.13.